The lowest BCUT2D eigenvalue weighted by atomic mass is 10.0. The molecule has 0 saturated carbocycles. The molecule has 110 valence electrons. The number of benzene rings is 2. The molecule has 1 heterocycles. The van der Waals surface area contributed by atoms with E-state index in [1.54, 1.807) is 6.92 Å². The molecule has 0 unspecified atom stereocenters. The number of sulfonamides is 1. The van der Waals surface area contributed by atoms with Gasteiger partial charge in [0.05, 0.1) is 4.90 Å². The van der Waals surface area contributed by atoms with E-state index in [0.717, 1.165) is 5.56 Å². The van der Waals surface area contributed by atoms with Crippen LogP contribution in [0, 0.1) is 12.7 Å². The normalized spacial score (nSPS) is 15.7. The second kappa shape index (κ2) is 5.24. The zero-order valence-electron chi connectivity index (χ0n) is 11.7. The van der Waals surface area contributed by atoms with E-state index < -0.39 is 15.8 Å². The van der Waals surface area contributed by atoms with Crippen molar-refractivity contribution in [2.45, 2.75) is 24.8 Å². The molecule has 0 aromatic heterocycles. The minimum atomic E-state index is -3.59. The lowest BCUT2D eigenvalue weighted by Gasteiger charge is -2.28. The van der Waals surface area contributed by atoms with Gasteiger partial charge in [-0.05, 0) is 48.2 Å². The van der Waals surface area contributed by atoms with Gasteiger partial charge in [-0.3, -0.25) is 0 Å². The standard InChI is InChI=1S/C16H16FNO2S/c1-12-10-15(17)6-7-16(12)21(19,20)18-9-8-13-4-2-3-5-14(13)11-18/h2-7,10H,8-9,11H2,1H3. The van der Waals surface area contributed by atoms with Gasteiger partial charge in [0.25, 0.3) is 0 Å². The van der Waals surface area contributed by atoms with Crippen LogP contribution >= 0.6 is 0 Å². The second-order valence-electron chi connectivity index (χ2n) is 5.27. The van der Waals surface area contributed by atoms with Crippen molar-refractivity contribution in [2.75, 3.05) is 6.54 Å². The number of hydrogen-bond acceptors (Lipinski definition) is 2. The fourth-order valence-electron chi connectivity index (χ4n) is 2.72. The Morgan fingerprint density at radius 1 is 1.10 bits per heavy atom. The Bertz CT molecular complexity index is 787. The lowest BCUT2D eigenvalue weighted by Crippen LogP contribution is -2.36. The van der Waals surface area contributed by atoms with E-state index in [4.69, 9.17) is 0 Å². The zero-order valence-corrected chi connectivity index (χ0v) is 12.5. The van der Waals surface area contributed by atoms with E-state index in [9.17, 15) is 12.8 Å². The molecule has 0 bridgehead atoms. The summed E-state index contributed by atoms with van der Waals surface area (Å²) in [5, 5.41) is 0. The van der Waals surface area contributed by atoms with Crippen LogP contribution in [0.15, 0.2) is 47.4 Å². The van der Waals surface area contributed by atoms with Crippen LogP contribution in [0.4, 0.5) is 4.39 Å². The van der Waals surface area contributed by atoms with Gasteiger partial charge in [-0.1, -0.05) is 24.3 Å². The third kappa shape index (κ3) is 2.59. The van der Waals surface area contributed by atoms with E-state index in [1.807, 2.05) is 24.3 Å². The van der Waals surface area contributed by atoms with Crippen LogP contribution in [0.1, 0.15) is 16.7 Å². The fourth-order valence-corrected chi connectivity index (χ4v) is 4.34. The minimum Gasteiger partial charge on any atom is -0.207 e. The summed E-state index contributed by atoms with van der Waals surface area (Å²) in [4.78, 5) is 0.184. The number of nitrogens with zero attached hydrogens (tertiary/aromatic N) is 1. The Morgan fingerprint density at radius 3 is 2.52 bits per heavy atom. The van der Waals surface area contributed by atoms with Crippen molar-refractivity contribution in [3.8, 4) is 0 Å². The highest BCUT2D eigenvalue weighted by molar-refractivity contribution is 7.89. The van der Waals surface area contributed by atoms with Crippen molar-refractivity contribution in [2.24, 2.45) is 0 Å². The Morgan fingerprint density at radius 2 is 1.81 bits per heavy atom. The van der Waals surface area contributed by atoms with Crippen molar-refractivity contribution >= 4 is 10.0 Å². The van der Waals surface area contributed by atoms with E-state index in [2.05, 4.69) is 0 Å². The van der Waals surface area contributed by atoms with Crippen LogP contribution in [0.3, 0.4) is 0 Å². The maximum atomic E-state index is 13.2. The molecule has 5 heteroatoms. The highest BCUT2D eigenvalue weighted by Gasteiger charge is 2.29. The van der Waals surface area contributed by atoms with Crippen LogP contribution < -0.4 is 0 Å². The van der Waals surface area contributed by atoms with Crippen LogP contribution in [0.2, 0.25) is 0 Å². The van der Waals surface area contributed by atoms with E-state index in [1.165, 1.54) is 28.1 Å². The van der Waals surface area contributed by atoms with Crippen molar-refractivity contribution in [1.29, 1.82) is 0 Å². The Kier molecular flexibility index (Phi) is 3.55. The van der Waals surface area contributed by atoms with Gasteiger partial charge in [0.15, 0.2) is 0 Å². The predicted octanol–water partition coefficient (Wildman–Crippen LogP) is 2.88. The van der Waals surface area contributed by atoms with Crippen molar-refractivity contribution in [1.82, 2.24) is 4.31 Å². The summed E-state index contributed by atoms with van der Waals surface area (Å²) < 4.78 is 40.1. The van der Waals surface area contributed by atoms with Gasteiger partial charge < -0.3 is 0 Å². The summed E-state index contributed by atoms with van der Waals surface area (Å²) in [5.74, 6) is -0.421. The highest BCUT2D eigenvalue weighted by Crippen LogP contribution is 2.26. The molecule has 0 atom stereocenters. The monoisotopic (exact) mass is 305 g/mol. The summed E-state index contributed by atoms with van der Waals surface area (Å²) in [6, 6.07) is 11.7. The molecule has 0 aliphatic carbocycles. The summed E-state index contributed by atoms with van der Waals surface area (Å²) in [6.07, 6.45) is 0.704. The molecule has 0 spiro atoms. The van der Waals surface area contributed by atoms with Crippen molar-refractivity contribution < 1.29 is 12.8 Å². The summed E-state index contributed by atoms with van der Waals surface area (Å²) in [5.41, 5.74) is 2.67. The SMILES string of the molecule is Cc1cc(F)ccc1S(=O)(=O)N1CCc2ccccc2C1. The smallest absolute Gasteiger partial charge is 0.207 e. The zero-order chi connectivity index (χ0) is 15.0. The molecule has 2 aromatic carbocycles. The van der Waals surface area contributed by atoms with Gasteiger partial charge >= 0.3 is 0 Å². The number of halogens is 1. The van der Waals surface area contributed by atoms with Crippen LogP contribution in [0.5, 0.6) is 0 Å². The number of aryl methyl sites for hydroxylation is 1. The molecule has 21 heavy (non-hydrogen) atoms. The highest BCUT2D eigenvalue weighted by atomic mass is 32.2. The first-order valence-corrected chi connectivity index (χ1v) is 8.25. The Balaban J connectivity index is 1.97. The molecule has 0 saturated heterocycles. The largest absolute Gasteiger partial charge is 0.243 e. The van der Waals surface area contributed by atoms with Crippen LogP contribution in [-0.4, -0.2) is 19.3 Å². The van der Waals surface area contributed by atoms with Gasteiger partial charge in [0, 0.05) is 13.1 Å². The minimum absolute atomic E-state index is 0.184. The molecular weight excluding hydrogens is 289 g/mol. The molecule has 3 nitrogen and oxygen atoms in total. The summed E-state index contributed by atoms with van der Waals surface area (Å²) >= 11 is 0. The maximum Gasteiger partial charge on any atom is 0.243 e. The third-order valence-corrected chi connectivity index (χ3v) is 5.86. The maximum absolute atomic E-state index is 13.2. The van der Waals surface area contributed by atoms with Gasteiger partial charge in [0.2, 0.25) is 10.0 Å². The topological polar surface area (TPSA) is 37.4 Å². The first-order chi connectivity index (χ1) is 9.98. The number of hydrogen-bond donors (Lipinski definition) is 0. The van der Waals surface area contributed by atoms with Crippen LogP contribution in [-0.2, 0) is 23.0 Å². The van der Waals surface area contributed by atoms with Gasteiger partial charge in [0.1, 0.15) is 5.82 Å². The molecule has 3 rings (SSSR count). The molecular formula is C16H16FNO2S. The van der Waals surface area contributed by atoms with Crippen molar-refractivity contribution in [3.05, 3.63) is 65.0 Å². The van der Waals surface area contributed by atoms with Gasteiger partial charge in [-0.25, -0.2) is 12.8 Å². The first kappa shape index (κ1) is 14.2. The average Bonchev–Trinajstić information content (AvgIpc) is 2.46. The average molecular weight is 305 g/mol. The molecule has 2 aromatic rings. The predicted molar refractivity (Wildman–Crippen MR) is 78.9 cm³/mol. The fraction of sp³-hybridized carbons (Fsp3) is 0.250. The van der Waals surface area contributed by atoms with Gasteiger partial charge in [-0.2, -0.15) is 4.31 Å². The van der Waals surface area contributed by atoms with Crippen molar-refractivity contribution in [3.63, 3.8) is 0 Å². The van der Waals surface area contributed by atoms with E-state index >= 15 is 0 Å². The first-order valence-electron chi connectivity index (χ1n) is 6.81. The Labute approximate surface area is 124 Å². The van der Waals surface area contributed by atoms with Crippen LogP contribution in [0.25, 0.3) is 0 Å². The van der Waals surface area contributed by atoms with Gasteiger partial charge in [-0.15, -0.1) is 0 Å². The summed E-state index contributed by atoms with van der Waals surface area (Å²) in [6.45, 7) is 2.44. The molecule has 1 aliphatic rings. The third-order valence-electron chi connectivity index (χ3n) is 3.85. The quantitative estimate of drug-likeness (QED) is 0.855. The number of rotatable bonds is 2. The Hall–Kier alpha value is -1.72. The number of fused-ring (bicyclic) bond motifs is 1. The molecule has 0 N–H and O–H groups in total. The van der Waals surface area contributed by atoms with E-state index in [0.29, 0.717) is 25.1 Å². The lowest BCUT2D eigenvalue weighted by molar-refractivity contribution is 0.391. The molecule has 0 amide bonds. The molecule has 0 radical (unpaired) electrons. The van der Waals surface area contributed by atoms with E-state index in [-0.39, 0.29) is 4.90 Å². The summed E-state index contributed by atoms with van der Waals surface area (Å²) in [7, 11) is -3.59. The second-order valence-corrected chi connectivity index (χ2v) is 7.17. The molecule has 1 aliphatic heterocycles. The molecule has 0 fully saturated rings.